The lowest BCUT2D eigenvalue weighted by atomic mass is 10.1. The van der Waals surface area contributed by atoms with Gasteiger partial charge in [-0.3, -0.25) is 0 Å². The molecule has 0 atom stereocenters. The first-order valence-corrected chi connectivity index (χ1v) is 5.70. The van der Waals surface area contributed by atoms with E-state index in [1.54, 1.807) is 0 Å². The summed E-state index contributed by atoms with van der Waals surface area (Å²) in [5.41, 5.74) is 0. The number of halogens is 1. The van der Waals surface area contributed by atoms with Crippen molar-refractivity contribution in [2.75, 3.05) is 19.1 Å². The molecule has 1 fully saturated rings. The monoisotopic (exact) mass is 206 g/mol. The normalized spacial score (nSPS) is 20.8. The second-order valence-electron chi connectivity index (χ2n) is 3.46. The average Bonchev–Trinajstić information content (AvgIpc) is 2.62. The van der Waals surface area contributed by atoms with E-state index in [-0.39, 0.29) is 5.79 Å². The highest BCUT2D eigenvalue weighted by Gasteiger charge is 2.33. The van der Waals surface area contributed by atoms with Crippen molar-refractivity contribution in [3.8, 4) is 0 Å². The fraction of sp³-hybridized carbons (Fsp3) is 1.00. The van der Waals surface area contributed by atoms with Gasteiger partial charge in [-0.2, -0.15) is 0 Å². The zero-order chi connectivity index (χ0) is 9.57. The molecule has 0 aliphatic carbocycles. The molecule has 0 saturated carbocycles. The molecule has 0 aromatic rings. The van der Waals surface area contributed by atoms with Crippen molar-refractivity contribution in [2.45, 2.75) is 44.8 Å². The van der Waals surface area contributed by atoms with Crippen LogP contribution in [-0.2, 0) is 9.47 Å². The summed E-state index contributed by atoms with van der Waals surface area (Å²) >= 11 is 5.60. The second kappa shape index (κ2) is 5.84. The molecule has 1 saturated heterocycles. The summed E-state index contributed by atoms with van der Waals surface area (Å²) < 4.78 is 11.2. The molecule has 0 unspecified atom stereocenters. The van der Waals surface area contributed by atoms with Crippen LogP contribution in [0.4, 0.5) is 0 Å². The van der Waals surface area contributed by atoms with Crippen LogP contribution in [0, 0.1) is 0 Å². The maximum atomic E-state index is 5.61. The van der Waals surface area contributed by atoms with E-state index in [9.17, 15) is 0 Å². The smallest absolute Gasteiger partial charge is 0.168 e. The average molecular weight is 207 g/mol. The number of rotatable bonds is 6. The van der Waals surface area contributed by atoms with Crippen LogP contribution in [0.15, 0.2) is 0 Å². The Bertz CT molecular complexity index is 133. The van der Waals surface area contributed by atoms with E-state index in [0.717, 1.165) is 44.8 Å². The van der Waals surface area contributed by atoms with Gasteiger partial charge in [-0.25, -0.2) is 0 Å². The molecular weight excluding hydrogens is 188 g/mol. The Kier molecular flexibility index (Phi) is 5.07. The fourth-order valence-electron chi connectivity index (χ4n) is 1.69. The van der Waals surface area contributed by atoms with Gasteiger partial charge in [0.2, 0.25) is 0 Å². The molecule has 0 spiro atoms. The van der Waals surface area contributed by atoms with Gasteiger partial charge in [0, 0.05) is 12.3 Å². The van der Waals surface area contributed by atoms with Crippen molar-refractivity contribution in [2.24, 2.45) is 0 Å². The van der Waals surface area contributed by atoms with Crippen molar-refractivity contribution in [3.63, 3.8) is 0 Å². The van der Waals surface area contributed by atoms with Crippen LogP contribution < -0.4 is 0 Å². The molecule has 0 radical (unpaired) electrons. The van der Waals surface area contributed by atoms with Gasteiger partial charge >= 0.3 is 0 Å². The largest absolute Gasteiger partial charge is 0.348 e. The third-order valence-electron chi connectivity index (χ3n) is 2.54. The summed E-state index contributed by atoms with van der Waals surface area (Å²) in [5, 5.41) is 0. The Morgan fingerprint density at radius 1 is 1.15 bits per heavy atom. The molecule has 3 heteroatoms. The second-order valence-corrected chi connectivity index (χ2v) is 3.84. The van der Waals surface area contributed by atoms with Crippen molar-refractivity contribution < 1.29 is 9.47 Å². The number of alkyl halides is 1. The first kappa shape index (κ1) is 11.3. The molecular formula is C10H19ClO2. The zero-order valence-corrected chi connectivity index (χ0v) is 9.11. The van der Waals surface area contributed by atoms with E-state index in [4.69, 9.17) is 21.1 Å². The SMILES string of the molecule is CCC1(CCCCCCl)OCCO1. The summed E-state index contributed by atoms with van der Waals surface area (Å²) in [4.78, 5) is 0. The topological polar surface area (TPSA) is 18.5 Å². The van der Waals surface area contributed by atoms with E-state index in [0.29, 0.717) is 0 Å². The van der Waals surface area contributed by atoms with Crippen LogP contribution in [0.3, 0.4) is 0 Å². The highest BCUT2D eigenvalue weighted by molar-refractivity contribution is 6.17. The minimum absolute atomic E-state index is 0.258. The minimum atomic E-state index is -0.258. The Morgan fingerprint density at radius 3 is 2.38 bits per heavy atom. The van der Waals surface area contributed by atoms with E-state index < -0.39 is 0 Å². The van der Waals surface area contributed by atoms with Gasteiger partial charge in [0.05, 0.1) is 13.2 Å². The maximum Gasteiger partial charge on any atom is 0.168 e. The quantitative estimate of drug-likeness (QED) is 0.492. The van der Waals surface area contributed by atoms with Gasteiger partial charge in [0.1, 0.15) is 0 Å². The fourth-order valence-corrected chi connectivity index (χ4v) is 1.88. The van der Waals surface area contributed by atoms with E-state index >= 15 is 0 Å². The Balaban J connectivity index is 2.16. The molecule has 0 amide bonds. The predicted molar refractivity (Wildman–Crippen MR) is 54.1 cm³/mol. The van der Waals surface area contributed by atoms with Gasteiger partial charge in [-0.1, -0.05) is 13.3 Å². The standard InChI is InChI=1S/C10H19ClO2/c1-2-10(12-8-9-13-10)6-4-3-5-7-11/h2-9H2,1H3. The van der Waals surface area contributed by atoms with E-state index in [1.807, 2.05) is 0 Å². The Hall–Kier alpha value is 0.210. The van der Waals surface area contributed by atoms with Crippen molar-refractivity contribution in [1.82, 2.24) is 0 Å². The van der Waals surface area contributed by atoms with Gasteiger partial charge in [-0.15, -0.1) is 11.6 Å². The summed E-state index contributed by atoms with van der Waals surface area (Å²) in [6.45, 7) is 3.62. The lowest BCUT2D eigenvalue weighted by Gasteiger charge is -2.25. The molecule has 0 aromatic carbocycles. The first-order valence-electron chi connectivity index (χ1n) is 5.17. The highest BCUT2D eigenvalue weighted by atomic mass is 35.5. The van der Waals surface area contributed by atoms with Crippen molar-refractivity contribution in [3.05, 3.63) is 0 Å². The number of hydrogen-bond donors (Lipinski definition) is 0. The summed E-state index contributed by atoms with van der Waals surface area (Å²) in [5.74, 6) is 0.507. The predicted octanol–water partition coefficient (Wildman–Crippen LogP) is 2.94. The molecule has 0 N–H and O–H groups in total. The molecule has 2 nitrogen and oxygen atoms in total. The Morgan fingerprint density at radius 2 is 1.85 bits per heavy atom. The number of hydrogen-bond acceptors (Lipinski definition) is 2. The minimum Gasteiger partial charge on any atom is -0.348 e. The summed E-state index contributed by atoms with van der Waals surface area (Å²) in [7, 11) is 0. The molecule has 1 aliphatic heterocycles. The van der Waals surface area contributed by atoms with Crippen LogP contribution in [0.5, 0.6) is 0 Å². The van der Waals surface area contributed by atoms with E-state index in [1.165, 1.54) is 6.42 Å². The maximum absolute atomic E-state index is 5.61. The van der Waals surface area contributed by atoms with Crippen molar-refractivity contribution in [1.29, 1.82) is 0 Å². The van der Waals surface area contributed by atoms with Gasteiger partial charge in [0.15, 0.2) is 5.79 Å². The van der Waals surface area contributed by atoms with Gasteiger partial charge in [0.25, 0.3) is 0 Å². The van der Waals surface area contributed by atoms with Gasteiger partial charge in [-0.05, 0) is 19.3 Å². The molecule has 1 aliphatic rings. The molecule has 0 bridgehead atoms. The van der Waals surface area contributed by atoms with Crippen LogP contribution in [0.1, 0.15) is 39.0 Å². The molecule has 78 valence electrons. The number of unbranched alkanes of at least 4 members (excludes halogenated alkanes) is 2. The number of ether oxygens (including phenoxy) is 2. The summed E-state index contributed by atoms with van der Waals surface area (Å²) in [6.07, 6.45) is 5.40. The van der Waals surface area contributed by atoms with Crippen LogP contribution in [0.2, 0.25) is 0 Å². The van der Waals surface area contributed by atoms with E-state index in [2.05, 4.69) is 6.92 Å². The van der Waals surface area contributed by atoms with Crippen LogP contribution in [0.25, 0.3) is 0 Å². The van der Waals surface area contributed by atoms with Crippen LogP contribution in [-0.4, -0.2) is 24.9 Å². The van der Waals surface area contributed by atoms with Crippen molar-refractivity contribution >= 4 is 11.6 Å². The molecule has 1 heterocycles. The molecule has 0 aromatic heterocycles. The third-order valence-corrected chi connectivity index (χ3v) is 2.81. The lowest BCUT2D eigenvalue weighted by Crippen LogP contribution is -2.28. The molecule has 13 heavy (non-hydrogen) atoms. The highest BCUT2D eigenvalue weighted by Crippen LogP contribution is 2.29. The van der Waals surface area contributed by atoms with Crippen LogP contribution >= 0.6 is 11.6 Å². The summed E-state index contributed by atoms with van der Waals surface area (Å²) in [6, 6.07) is 0. The lowest BCUT2D eigenvalue weighted by molar-refractivity contribution is -0.164. The molecule has 1 rings (SSSR count). The third kappa shape index (κ3) is 3.45. The zero-order valence-electron chi connectivity index (χ0n) is 8.35. The van der Waals surface area contributed by atoms with Gasteiger partial charge < -0.3 is 9.47 Å². The first-order chi connectivity index (χ1) is 6.33. The Labute approximate surface area is 85.5 Å².